The molecule has 2 rings (SSSR count). The number of nitriles is 1. The van der Waals surface area contributed by atoms with E-state index >= 15 is 0 Å². The smallest absolute Gasteiger partial charge is 0.349 e. The van der Waals surface area contributed by atoms with Gasteiger partial charge in [-0.1, -0.05) is 23.7 Å². The molecule has 0 unspecified atom stereocenters. The molecule has 150 valence electrons. The summed E-state index contributed by atoms with van der Waals surface area (Å²) in [4.78, 5) is 23.8. The molecule has 0 spiro atoms. The minimum Gasteiger partial charge on any atom is -0.493 e. The Balaban J connectivity index is 2.09. The van der Waals surface area contributed by atoms with E-state index < -0.39 is 11.9 Å². The highest BCUT2D eigenvalue weighted by Crippen LogP contribution is 2.29. The first kappa shape index (κ1) is 21.8. The molecule has 0 saturated carbocycles. The Bertz CT molecular complexity index is 964. The molecule has 7 nitrogen and oxygen atoms in total. The van der Waals surface area contributed by atoms with Gasteiger partial charge in [0.05, 0.1) is 13.7 Å². The average molecular weight is 416 g/mol. The van der Waals surface area contributed by atoms with Gasteiger partial charge in [-0.05, 0) is 48.9 Å². The van der Waals surface area contributed by atoms with Crippen LogP contribution in [-0.4, -0.2) is 32.3 Å². The summed E-state index contributed by atoms with van der Waals surface area (Å²) in [7, 11) is 1.40. The van der Waals surface area contributed by atoms with Gasteiger partial charge >= 0.3 is 11.9 Å². The molecule has 0 heterocycles. The van der Waals surface area contributed by atoms with E-state index in [1.807, 2.05) is 0 Å². The third-order valence-electron chi connectivity index (χ3n) is 3.49. The molecule has 2 aromatic rings. The quantitative estimate of drug-likeness (QED) is 0.280. The molecule has 29 heavy (non-hydrogen) atoms. The van der Waals surface area contributed by atoms with Crippen molar-refractivity contribution >= 4 is 29.6 Å². The number of halogens is 1. The minimum atomic E-state index is -0.720. The molecule has 0 aliphatic heterocycles. The number of esters is 2. The van der Waals surface area contributed by atoms with E-state index in [-0.39, 0.29) is 30.3 Å². The number of rotatable bonds is 8. The van der Waals surface area contributed by atoms with Gasteiger partial charge in [0.1, 0.15) is 17.4 Å². The van der Waals surface area contributed by atoms with Gasteiger partial charge in [-0.2, -0.15) is 5.26 Å². The van der Waals surface area contributed by atoms with E-state index in [1.165, 1.54) is 25.3 Å². The molecular formula is C21H18ClNO6. The van der Waals surface area contributed by atoms with E-state index in [0.29, 0.717) is 16.3 Å². The zero-order valence-electron chi connectivity index (χ0n) is 15.8. The summed E-state index contributed by atoms with van der Waals surface area (Å²) in [6, 6.07) is 13.0. The predicted octanol–water partition coefficient (Wildman–Crippen LogP) is 3.80. The largest absolute Gasteiger partial charge is 0.493 e. The standard InChI is InChI=1S/C21H18ClNO6/c1-3-27-21(25)15(12-23)9-14-7-8-18(19(10-14)26-2)29-20(24)13-28-17-6-4-5-16(22)11-17/h4-11H,3,13H2,1-2H3/b15-9+. The van der Waals surface area contributed by atoms with Gasteiger partial charge in [0.25, 0.3) is 0 Å². The fourth-order valence-corrected chi connectivity index (χ4v) is 2.40. The average Bonchev–Trinajstić information content (AvgIpc) is 2.71. The fourth-order valence-electron chi connectivity index (χ4n) is 2.22. The Kier molecular flexibility index (Phi) is 8.07. The van der Waals surface area contributed by atoms with Gasteiger partial charge in [-0.3, -0.25) is 0 Å². The van der Waals surface area contributed by atoms with Crippen molar-refractivity contribution in [1.82, 2.24) is 0 Å². The van der Waals surface area contributed by atoms with Gasteiger partial charge in [-0.15, -0.1) is 0 Å². The lowest BCUT2D eigenvalue weighted by Crippen LogP contribution is -2.18. The van der Waals surface area contributed by atoms with Crippen LogP contribution in [0.4, 0.5) is 0 Å². The number of ether oxygens (including phenoxy) is 4. The van der Waals surface area contributed by atoms with Crippen molar-refractivity contribution in [2.45, 2.75) is 6.92 Å². The van der Waals surface area contributed by atoms with Crippen LogP contribution in [0.5, 0.6) is 17.2 Å². The second kappa shape index (κ2) is 10.7. The van der Waals surface area contributed by atoms with Gasteiger partial charge < -0.3 is 18.9 Å². The molecule has 0 atom stereocenters. The maximum Gasteiger partial charge on any atom is 0.349 e. The van der Waals surface area contributed by atoms with Crippen molar-refractivity contribution in [3.05, 3.63) is 58.6 Å². The van der Waals surface area contributed by atoms with Crippen molar-refractivity contribution < 1.29 is 28.5 Å². The number of carbonyl (C=O) groups is 2. The molecular weight excluding hydrogens is 398 g/mol. The van der Waals surface area contributed by atoms with E-state index in [2.05, 4.69) is 0 Å². The van der Waals surface area contributed by atoms with Gasteiger partial charge in [-0.25, -0.2) is 9.59 Å². The summed E-state index contributed by atoms with van der Waals surface area (Å²) in [6.45, 7) is 1.48. The second-order valence-corrected chi connectivity index (χ2v) is 5.96. The second-order valence-electron chi connectivity index (χ2n) is 5.52. The molecule has 2 aromatic carbocycles. The zero-order chi connectivity index (χ0) is 21.2. The van der Waals surface area contributed by atoms with Crippen molar-refractivity contribution in [1.29, 1.82) is 5.26 Å². The van der Waals surface area contributed by atoms with Crippen LogP contribution in [0.25, 0.3) is 6.08 Å². The van der Waals surface area contributed by atoms with Crippen LogP contribution in [0, 0.1) is 11.3 Å². The van der Waals surface area contributed by atoms with Crippen molar-refractivity contribution in [2.24, 2.45) is 0 Å². The van der Waals surface area contributed by atoms with E-state index in [9.17, 15) is 9.59 Å². The lowest BCUT2D eigenvalue weighted by molar-refractivity contribution is -0.138. The highest BCUT2D eigenvalue weighted by atomic mass is 35.5. The Morgan fingerprint density at radius 2 is 1.97 bits per heavy atom. The van der Waals surface area contributed by atoms with Crippen LogP contribution in [-0.2, 0) is 14.3 Å². The summed E-state index contributed by atoms with van der Waals surface area (Å²) < 4.78 is 20.6. The highest BCUT2D eigenvalue weighted by molar-refractivity contribution is 6.30. The molecule has 0 saturated heterocycles. The Labute approximate surface area is 173 Å². The van der Waals surface area contributed by atoms with Gasteiger partial charge in [0, 0.05) is 5.02 Å². The normalized spacial score (nSPS) is 10.6. The Morgan fingerprint density at radius 3 is 2.62 bits per heavy atom. The number of hydrogen-bond donors (Lipinski definition) is 0. The number of nitrogens with zero attached hydrogens (tertiary/aromatic N) is 1. The summed E-state index contributed by atoms with van der Waals surface area (Å²) in [6.07, 6.45) is 1.36. The molecule has 0 N–H and O–H groups in total. The maximum absolute atomic E-state index is 12.1. The highest BCUT2D eigenvalue weighted by Gasteiger charge is 2.14. The van der Waals surface area contributed by atoms with E-state index in [4.69, 9.17) is 35.8 Å². The summed E-state index contributed by atoms with van der Waals surface area (Å²) in [5.41, 5.74) is 0.343. The molecule has 0 bridgehead atoms. The molecule has 8 heteroatoms. The van der Waals surface area contributed by atoms with Gasteiger partial charge in [0.15, 0.2) is 18.1 Å². The molecule has 0 radical (unpaired) electrons. The van der Waals surface area contributed by atoms with Gasteiger partial charge in [0.2, 0.25) is 0 Å². The SMILES string of the molecule is CCOC(=O)/C(C#N)=C/c1ccc(OC(=O)COc2cccc(Cl)c2)c(OC)c1. The lowest BCUT2D eigenvalue weighted by atomic mass is 10.1. The lowest BCUT2D eigenvalue weighted by Gasteiger charge is -2.11. The first-order valence-corrected chi connectivity index (χ1v) is 8.90. The zero-order valence-corrected chi connectivity index (χ0v) is 16.6. The monoisotopic (exact) mass is 415 g/mol. The Hall–Kier alpha value is -3.50. The molecule has 0 fully saturated rings. The third kappa shape index (κ3) is 6.55. The summed E-state index contributed by atoms with van der Waals surface area (Å²) in [5, 5.41) is 9.60. The number of carbonyl (C=O) groups excluding carboxylic acids is 2. The van der Waals surface area contributed by atoms with Crippen molar-refractivity contribution in [3.63, 3.8) is 0 Å². The van der Waals surface area contributed by atoms with E-state index in [1.54, 1.807) is 43.3 Å². The topological polar surface area (TPSA) is 94.9 Å². The van der Waals surface area contributed by atoms with Crippen LogP contribution in [0.2, 0.25) is 5.02 Å². The summed E-state index contributed by atoms with van der Waals surface area (Å²) >= 11 is 5.86. The van der Waals surface area contributed by atoms with Crippen molar-refractivity contribution in [3.8, 4) is 23.3 Å². The first-order chi connectivity index (χ1) is 14.0. The van der Waals surface area contributed by atoms with Crippen LogP contribution in [0.1, 0.15) is 12.5 Å². The third-order valence-corrected chi connectivity index (χ3v) is 3.73. The number of hydrogen-bond acceptors (Lipinski definition) is 7. The molecule has 0 aliphatic carbocycles. The molecule has 0 aromatic heterocycles. The predicted molar refractivity (Wildman–Crippen MR) is 106 cm³/mol. The maximum atomic E-state index is 12.1. The number of methoxy groups -OCH3 is 1. The van der Waals surface area contributed by atoms with Crippen LogP contribution in [0.15, 0.2) is 48.0 Å². The molecule has 0 aliphatic rings. The van der Waals surface area contributed by atoms with E-state index in [0.717, 1.165) is 0 Å². The van der Waals surface area contributed by atoms with Crippen LogP contribution < -0.4 is 14.2 Å². The number of benzene rings is 2. The van der Waals surface area contributed by atoms with Crippen molar-refractivity contribution in [2.75, 3.05) is 20.3 Å². The summed E-state index contributed by atoms with van der Waals surface area (Å²) in [5.74, 6) is -0.515. The van der Waals surface area contributed by atoms with Crippen LogP contribution >= 0.6 is 11.6 Å². The molecule has 0 amide bonds. The first-order valence-electron chi connectivity index (χ1n) is 8.52. The van der Waals surface area contributed by atoms with Crippen LogP contribution in [0.3, 0.4) is 0 Å². The minimum absolute atomic E-state index is 0.159. The fraction of sp³-hybridized carbons (Fsp3) is 0.190. The Morgan fingerprint density at radius 1 is 1.17 bits per heavy atom.